The number of piperidine rings is 1. The molecule has 1 aromatic carbocycles. The number of nitrogens with two attached hydrogens (primary N) is 1. The van der Waals surface area contributed by atoms with Crippen molar-refractivity contribution < 1.29 is 0 Å². The van der Waals surface area contributed by atoms with Crippen molar-refractivity contribution >= 4 is 0 Å². The van der Waals surface area contributed by atoms with Crippen LogP contribution in [0.4, 0.5) is 0 Å². The van der Waals surface area contributed by atoms with Crippen molar-refractivity contribution in [1.29, 1.82) is 0 Å². The molecule has 0 unspecified atom stereocenters. The summed E-state index contributed by atoms with van der Waals surface area (Å²) in [7, 11) is 0. The molecule has 1 aromatic rings. The van der Waals surface area contributed by atoms with Gasteiger partial charge in [0.05, 0.1) is 0 Å². The highest BCUT2D eigenvalue weighted by Gasteiger charge is 2.18. The molecule has 0 bridgehead atoms. The predicted octanol–water partition coefficient (Wildman–Crippen LogP) is 1.97. The van der Waals surface area contributed by atoms with Crippen molar-refractivity contribution in [3.63, 3.8) is 0 Å². The third kappa shape index (κ3) is 2.14. The molecule has 0 spiro atoms. The Kier molecular flexibility index (Phi) is 3.17. The first-order valence-electron chi connectivity index (χ1n) is 5.31. The van der Waals surface area contributed by atoms with Gasteiger partial charge in [-0.1, -0.05) is 36.8 Å². The normalized spacial score (nSPS) is 18.7. The Balaban J connectivity index is 2.03. The summed E-state index contributed by atoms with van der Waals surface area (Å²) in [5.41, 5.74) is 7.26. The predicted molar refractivity (Wildman–Crippen MR) is 58.4 cm³/mol. The lowest BCUT2D eigenvalue weighted by Gasteiger charge is -2.31. The van der Waals surface area contributed by atoms with Crippen LogP contribution in [0.5, 0.6) is 0 Å². The monoisotopic (exact) mass is 189 g/mol. The average Bonchev–Trinajstić information content (AvgIpc) is 2.30. The summed E-state index contributed by atoms with van der Waals surface area (Å²) in [6.07, 6.45) is 4.82. The van der Waals surface area contributed by atoms with E-state index in [-0.39, 0.29) is 0 Å². The number of likely N-dealkylation sites (tertiary alicyclic amines) is 1. The van der Waals surface area contributed by atoms with Gasteiger partial charge >= 0.3 is 0 Å². The van der Waals surface area contributed by atoms with Gasteiger partial charge in [-0.05, 0) is 18.4 Å². The second kappa shape index (κ2) is 4.58. The van der Waals surface area contributed by atoms with E-state index in [9.17, 15) is 0 Å². The number of hydrogen-bond acceptors (Lipinski definition) is 2. The molecule has 1 radical (unpaired) electrons. The molecule has 0 atom stereocenters. The standard InChI is InChI=1S/C12H17N2/c13-12(11-7-3-1-4-8-11)14-9-5-2-6-10-14/h1,3-4,7-8H,2,5-6,9-10,13H2. The van der Waals surface area contributed by atoms with Crippen LogP contribution in [0.1, 0.15) is 24.8 Å². The minimum Gasteiger partial charge on any atom is -0.306 e. The van der Waals surface area contributed by atoms with E-state index in [0.29, 0.717) is 0 Å². The van der Waals surface area contributed by atoms with Gasteiger partial charge in [0.1, 0.15) is 6.17 Å². The van der Waals surface area contributed by atoms with Crippen molar-refractivity contribution in [3.8, 4) is 0 Å². The zero-order chi connectivity index (χ0) is 9.80. The van der Waals surface area contributed by atoms with Crippen LogP contribution in [0.3, 0.4) is 0 Å². The van der Waals surface area contributed by atoms with Crippen molar-refractivity contribution in [2.45, 2.75) is 19.3 Å². The quantitative estimate of drug-likeness (QED) is 0.770. The Labute approximate surface area is 85.7 Å². The third-order valence-corrected chi connectivity index (χ3v) is 2.77. The van der Waals surface area contributed by atoms with Crippen LogP contribution in [0.15, 0.2) is 30.3 Å². The minimum absolute atomic E-state index is 0.935. The van der Waals surface area contributed by atoms with Crippen LogP contribution in [0, 0.1) is 6.17 Å². The first-order valence-corrected chi connectivity index (χ1v) is 5.31. The fraction of sp³-hybridized carbons (Fsp3) is 0.417. The first-order chi connectivity index (χ1) is 6.88. The van der Waals surface area contributed by atoms with E-state index >= 15 is 0 Å². The Hall–Kier alpha value is -0.860. The molecule has 1 fully saturated rings. The van der Waals surface area contributed by atoms with Crippen molar-refractivity contribution in [2.75, 3.05) is 13.1 Å². The fourth-order valence-electron chi connectivity index (χ4n) is 1.93. The molecule has 0 aliphatic carbocycles. The van der Waals surface area contributed by atoms with E-state index in [4.69, 9.17) is 5.73 Å². The summed E-state index contributed by atoms with van der Waals surface area (Å²) in [5.74, 6) is 0. The van der Waals surface area contributed by atoms with Gasteiger partial charge in [-0.3, -0.25) is 4.90 Å². The maximum absolute atomic E-state index is 6.11. The van der Waals surface area contributed by atoms with Gasteiger partial charge < -0.3 is 5.73 Å². The molecule has 1 aliphatic heterocycles. The van der Waals surface area contributed by atoms with Gasteiger partial charge in [0.2, 0.25) is 0 Å². The molecule has 1 aliphatic rings. The average molecular weight is 189 g/mol. The largest absolute Gasteiger partial charge is 0.306 e. The zero-order valence-electron chi connectivity index (χ0n) is 8.45. The van der Waals surface area contributed by atoms with Crippen LogP contribution < -0.4 is 5.73 Å². The lowest BCUT2D eigenvalue weighted by Crippen LogP contribution is -2.38. The maximum Gasteiger partial charge on any atom is 0.132 e. The Morgan fingerprint density at radius 1 is 1.00 bits per heavy atom. The highest BCUT2D eigenvalue weighted by atomic mass is 15.2. The molecule has 0 aromatic heterocycles. The van der Waals surface area contributed by atoms with Gasteiger partial charge in [0.15, 0.2) is 0 Å². The maximum atomic E-state index is 6.11. The molecule has 1 saturated heterocycles. The van der Waals surface area contributed by atoms with Crippen molar-refractivity contribution in [2.24, 2.45) is 5.73 Å². The van der Waals surface area contributed by atoms with Crippen LogP contribution in [0.2, 0.25) is 0 Å². The van der Waals surface area contributed by atoms with E-state index in [1.165, 1.54) is 19.3 Å². The second-order valence-corrected chi connectivity index (χ2v) is 3.80. The lowest BCUT2D eigenvalue weighted by molar-refractivity contribution is 0.248. The first kappa shape index (κ1) is 9.69. The van der Waals surface area contributed by atoms with Gasteiger partial charge in [-0.25, -0.2) is 0 Å². The van der Waals surface area contributed by atoms with E-state index in [2.05, 4.69) is 17.0 Å². The molecule has 2 heteroatoms. The van der Waals surface area contributed by atoms with Crippen LogP contribution in [-0.2, 0) is 0 Å². The van der Waals surface area contributed by atoms with Crippen LogP contribution in [0.25, 0.3) is 0 Å². The molecule has 0 saturated carbocycles. The van der Waals surface area contributed by atoms with Gasteiger partial charge in [-0.15, -0.1) is 0 Å². The second-order valence-electron chi connectivity index (χ2n) is 3.80. The molecule has 2 nitrogen and oxygen atoms in total. The number of benzene rings is 1. The Morgan fingerprint density at radius 3 is 2.29 bits per heavy atom. The summed E-state index contributed by atoms with van der Waals surface area (Å²) in [4.78, 5) is 2.29. The number of rotatable bonds is 2. The highest BCUT2D eigenvalue weighted by Crippen LogP contribution is 2.18. The third-order valence-electron chi connectivity index (χ3n) is 2.77. The molecule has 2 N–H and O–H groups in total. The highest BCUT2D eigenvalue weighted by molar-refractivity contribution is 5.27. The Bertz CT molecular complexity index is 265. The van der Waals surface area contributed by atoms with Gasteiger partial charge in [-0.2, -0.15) is 0 Å². The summed E-state index contributed by atoms with van der Waals surface area (Å²) in [6.45, 7) is 2.22. The smallest absolute Gasteiger partial charge is 0.132 e. The summed E-state index contributed by atoms with van der Waals surface area (Å²) < 4.78 is 0. The summed E-state index contributed by atoms with van der Waals surface area (Å²) in [6, 6.07) is 10.2. The van der Waals surface area contributed by atoms with E-state index in [1.54, 1.807) is 0 Å². The lowest BCUT2D eigenvalue weighted by atomic mass is 10.1. The van der Waals surface area contributed by atoms with E-state index in [0.717, 1.165) is 24.8 Å². The topological polar surface area (TPSA) is 29.3 Å². The molecule has 0 amide bonds. The van der Waals surface area contributed by atoms with Crippen molar-refractivity contribution in [3.05, 3.63) is 42.1 Å². The zero-order valence-corrected chi connectivity index (χ0v) is 8.45. The summed E-state index contributed by atoms with van der Waals surface area (Å²) in [5, 5.41) is 0. The molecule has 2 rings (SSSR count). The molecule has 75 valence electrons. The van der Waals surface area contributed by atoms with Gasteiger partial charge in [0, 0.05) is 13.1 Å². The molecular weight excluding hydrogens is 172 g/mol. The van der Waals surface area contributed by atoms with Crippen molar-refractivity contribution in [1.82, 2.24) is 4.90 Å². The number of nitrogens with zero attached hydrogens (tertiary/aromatic N) is 1. The van der Waals surface area contributed by atoms with Crippen LogP contribution >= 0.6 is 0 Å². The summed E-state index contributed by atoms with van der Waals surface area (Å²) >= 11 is 0. The van der Waals surface area contributed by atoms with E-state index in [1.807, 2.05) is 18.2 Å². The van der Waals surface area contributed by atoms with Gasteiger partial charge in [0.25, 0.3) is 0 Å². The molecule has 1 heterocycles. The number of hydrogen-bond donors (Lipinski definition) is 1. The fourth-order valence-corrected chi connectivity index (χ4v) is 1.93. The molecule has 14 heavy (non-hydrogen) atoms. The minimum atomic E-state index is 0.935. The molecular formula is C12H17N2. The SMILES string of the molecule is N[C](c1ccccc1)N1CCCCC1. The van der Waals surface area contributed by atoms with E-state index < -0.39 is 0 Å². The Morgan fingerprint density at radius 2 is 1.64 bits per heavy atom. The van der Waals surface area contributed by atoms with Crippen LogP contribution in [-0.4, -0.2) is 18.0 Å².